The van der Waals surface area contributed by atoms with E-state index in [1.54, 1.807) is 0 Å². The van der Waals surface area contributed by atoms with Crippen LogP contribution in [-0.2, 0) is 4.74 Å². The Morgan fingerprint density at radius 2 is 2.31 bits per heavy atom. The minimum Gasteiger partial charge on any atom is -0.393 e. The second-order valence-electron chi connectivity index (χ2n) is 4.47. The highest BCUT2D eigenvalue weighted by Gasteiger charge is 2.43. The molecule has 2 aliphatic rings. The first-order chi connectivity index (χ1) is 6.33. The fourth-order valence-electron chi connectivity index (χ4n) is 3.03. The van der Waals surface area contributed by atoms with Crippen LogP contribution in [0.2, 0.25) is 0 Å². The molecule has 1 saturated heterocycles. The summed E-state index contributed by atoms with van der Waals surface area (Å²) in [5, 5.41) is 9.87. The molecule has 0 bridgehead atoms. The normalized spacial score (nSPS) is 44.8. The Labute approximate surface area is 80.3 Å². The molecule has 0 amide bonds. The first kappa shape index (κ1) is 9.47. The van der Waals surface area contributed by atoms with E-state index in [4.69, 9.17) is 4.74 Å². The summed E-state index contributed by atoms with van der Waals surface area (Å²) in [6.07, 6.45) is 5.99. The third kappa shape index (κ3) is 1.75. The zero-order valence-electron chi connectivity index (χ0n) is 8.41. The van der Waals surface area contributed by atoms with Crippen molar-refractivity contribution in [2.75, 3.05) is 6.61 Å². The smallest absolute Gasteiger partial charge is 0.0631 e. The molecule has 1 aliphatic heterocycles. The van der Waals surface area contributed by atoms with Gasteiger partial charge in [0.05, 0.1) is 12.2 Å². The molecule has 4 unspecified atom stereocenters. The summed E-state index contributed by atoms with van der Waals surface area (Å²) in [5.41, 5.74) is 0. The van der Waals surface area contributed by atoms with E-state index < -0.39 is 0 Å². The fourth-order valence-corrected chi connectivity index (χ4v) is 3.03. The van der Waals surface area contributed by atoms with Crippen molar-refractivity contribution in [3.63, 3.8) is 0 Å². The van der Waals surface area contributed by atoms with E-state index in [1.165, 1.54) is 25.7 Å². The molecule has 1 N–H and O–H groups in total. The average Bonchev–Trinajstić information content (AvgIpc) is 2.44. The molecule has 0 radical (unpaired) electrons. The van der Waals surface area contributed by atoms with Crippen molar-refractivity contribution >= 4 is 0 Å². The van der Waals surface area contributed by atoms with Gasteiger partial charge >= 0.3 is 0 Å². The van der Waals surface area contributed by atoms with Crippen LogP contribution in [0.5, 0.6) is 0 Å². The molecule has 0 aromatic heterocycles. The molecule has 2 rings (SSSR count). The minimum absolute atomic E-state index is 0.0898. The maximum atomic E-state index is 9.87. The largest absolute Gasteiger partial charge is 0.393 e. The zero-order valence-corrected chi connectivity index (χ0v) is 8.41. The van der Waals surface area contributed by atoms with E-state index in [1.807, 2.05) is 0 Å². The predicted molar refractivity (Wildman–Crippen MR) is 51.5 cm³/mol. The summed E-state index contributed by atoms with van der Waals surface area (Å²) in [7, 11) is 0. The Hall–Kier alpha value is -0.0800. The molecular weight excluding hydrogens is 164 g/mol. The number of rotatable bonds is 2. The Balaban J connectivity index is 2.00. The molecule has 0 aromatic rings. The fraction of sp³-hybridized carbons (Fsp3) is 1.00. The van der Waals surface area contributed by atoms with Crippen molar-refractivity contribution < 1.29 is 9.84 Å². The molecule has 0 aromatic carbocycles. The molecule has 1 aliphatic carbocycles. The molecule has 1 heterocycles. The molecule has 2 fully saturated rings. The second-order valence-corrected chi connectivity index (χ2v) is 4.47. The van der Waals surface area contributed by atoms with Crippen LogP contribution in [0, 0.1) is 11.8 Å². The van der Waals surface area contributed by atoms with Crippen molar-refractivity contribution in [3.8, 4) is 0 Å². The standard InChI is InChI=1S/C11H20O2/c1-2-4-8-9-5-3-6-13-11(9)7-10(8)12/h8-12H,2-7H2,1H3. The summed E-state index contributed by atoms with van der Waals surface area (Å²) in [6, 6.07) is 0. The van der Waals surface area contributed by atoms with Gasteiger partial charge in [0.15, 0.2) is 0 Å². The highest BCUT2D eigenvalue weighted by Crippen LogP contribution is 2.42. The van der Waals surface area contributed by atoms with E-state index in [0.717, 1.165) is 13.0 Å². The lowest BCUT2D eigenvalue weighted by Gasteiger charge is -2.29. The molecule has 13 heavy (non-hydrogen) atoms. The van der Waals surface area contributed by atoms with E-state index in [0.29, 0.717) is 17.9 Å². The van der Waals surface area contributed by atoms with Crippen LogP contribution in [0.4, 0.5) is 0 Å². The van der Waals surface area contributed by atoms with E-state index in [-0.39, 0.29) is 6.10 Å². The first-order valence-corrected chi connectivity index (χ1v) is 5.62. The van der Waals surface area contributed by atoms with Crippen molar-refractivity contribution in [3.05, 3.63) is 0 Å². The lowest BCUT2D eigenvalue weighted by atomic mass is 9.85. The minimum atomic E-state index is -0.0898. The van der Waals surface area contributed by atoms with Crippen LogP contribution in [0.15, 0.2) is 0 Å². The van der Waals surface area contributed by atoms with Gasteiger partial charge in [0, 0.05) is 13.0 Å². The van der Waals surface area contributed by atoms with Crippen LogP contribution in [0.1, 0.15) is 39.0 Å². The number of aliphatic hydroxyl groups excluding tert-OH is 1. The van der Waals surface area contributed by atoms with E-state index in [2.05, 4.69) is 6.92 Å². The van der Waals surface area contributed by atoms with Gasteiger partial charge < -0.3 is 9.84 Å². The Bertz CT molecular complexity index is 167. The molecule has 2 nitrogen and oxygen atoms in total. The molecule has 0 spiro atoms. The second kappa shape index (κ2) is 3.97. The van der Waals surface area contributed by atoms with Crippen LogP contribution in [0.3, 0.4) is 0 Å². The van der Waals surface area contributed by atoms with Gasteiger partial charge in [0.1, 0.15) is 0 Å². The van der Waals surface area contributed by atoms with Crippen molar-refractivity contribution in [2.45, 2.75) is 51.2 Å². The van der Waals surface area contributed by atoms with Gasteiger partial charge in [0.2, 0.25) is 0 Å². The number of fused-ring (bicyclic) bond motifs is 1. The molecule has 1 saturated carbocycles. The summed E-state index contributed by atoms with van der Waals surface area (Å²) in [6.45, 7) is 3.11. The van der Waals surface area contributed by atoms with Crippen LogP contribution in [0.25, 0.3) is 0 Å². The molecule has 76 valence electrons. The molecule has 2 heteroatoms. The third-order valence-electron chi connectivity index (χ3n) is 3.63. The lowest BCUT2D eigenvalue weighted by molar-refractivity contribution is -0.0195. The average molecular weight is 184 g/mol. The Kier molecular flexibility index (Phi) is 2.89. The van der Waals surface area contributed by atoms with Gasteiger partial charge in [-0.25, -0.2) is 0 Å². The monoisotopic (exact) mass is 184 g/mol. The van der Waals surface area contributed by atoms with Crippen LogP contribution < -0.4 is 0 Å². The summed E-state index contributed by atoms with van der Waals surface area (Å²) < 4.78 is 5.69. The van der Waals surface area contributed by atoms with Gasteiger partial charge in [-0.15, -0.1) is 0 Å². The third-order valence-corrected chi connectivity index (χ3v) is 3.63. The maximum Gasteiger partial charge on any atom is 0.0631 e. The number of hydrogen-bond donors (Lipinski definition) is 1. The van der Waals surface area contributed by atoms with E-state index in [9.17, 15) is 5.11 Å². The Morgan fingerprint density at radius 1 is 1.46 bits per heavy atom. The van der Waals surface area contributed by atoms with Gasteiger partial charge in [-0.2, -0.15) is 0 Å². The van der Waals surface area contributed by atoms with Crippen molar-refractivity contribution in [1.82, 2.24) is 0 Å². The number of ether oxygens (including phenoxy) is 1. The lowest BCUT2D eigenvalue weighted by Crippen LogP contribution is -2.28. The number of hydrogen-bond acceptors (Lipinski definition) is 2. The number of aliphatic hydroxyl groups is 1. The molecular formula is C11H20O2. The van der Waals surface area contributed by atoms with E-state index >= 15 is 0 Å². The highest BCUT2D eigenvalue weighted by molar-refractivity contribution is 4.93. The topological polar surface area (TPSA) is 29.5 Å². The molecule has 4 atom stereocenters. The predicted octanol–water partition coefficient (Wildman–Crippen LogP) is 1.96. The summed E-state index contributed by atoms with van der Waals surface area (Å²) >= 11 is 0. The SMILES string of the molecule is CCCC1C(O)CC2OCCCC21. The van der Waals surface area contributed by atoms with Crippen LogP contribution >= 0.6 is 0 Å². The van der Waals surface area contributed by atoms with Crippen molar-refractivity contribution in [1.29, 1.82) is 0 Å². The van der Waals surface area contributed by atoms with Gasteiger partial charge in [-0.3, -0.25) is 0 Å². The maximum absolute atomic E-state index is 9.87. The zero-order chi connectivity index (χ0) is 9.26. The highest BCUT2D eigenvalue weighted by atomic mass is 16.5. The Morgan fingerprint density at radius 3 is 3.08 bits per heavy atom. The quantitative estimate of drug-likeness (QED) is 0.711. The van der Waals surface area contributed by atoms with Gasteiger partial charge in [0.25, 0.3) is 0 Å². The van der Waals surface area contributed by atoms with Crippen molar-refractivity contribution in [2.24, 2.45) is 11.8 Å². The van der Waals surface area contributed by atoms with Gasteiger partial charge in [-0.1, -0.05) is 13.3 Å². The first-order valence-electron chi connectivity index (χ1n) is 5.62. The van der Waals surface area contributed by atoms with Gasteiger partial charge in [-0.05, 0) is 31.1 Å². The summed E-state index contributed by atoms with van der Waals surface area (Å²) in [5.74, 6) is 1.18. The van der Waals surface area contributed by atoms with Crippen LogP contribution in [-0.4, -0.2) is 23.9 Å². The summed E-state index contributed by atoms with van der Waals surface area (Å²) in [4.78, 5) is 0.